The number of benzene rings is 1. The van der Waals surface area contributed by atoms with Crippen molar-refractivity contribution >= 4 is 39.7 Å². The first-order valence-electron chi connectivity index (χ1n) is 6.05. The van der Waals surface area contributed by atoms with Gasteiger partial charge in [0, 0.05) is 12.6 Å². The van der Waals surface area contributed by atoms with Crippen LogP contribution >= 0.6 is 24.0 Å². The summed E-state index contributed by atoms with van der Waals surface area (Å²) in [7, 11) is 1.56. The highest BCUT2D eigenvalue weighted by molar-refractivity contribution is 7.89. The third-order valence-electron chi connectivity index (χ3n) is 2.65. The molecule has 1 aromatic carbocycles. The molecule has 0 amide bonds. The van der Waals surface area contributed by atoms with E-state index in [1.165, 1.54) is 19.2 Å². The molecule has 0 bridgehead atoms. The lowest BCUT2D eigenvalue weighted by molar-refractivity contribution is 0.397. The Balaban J connectivity index is 0.00000400. The standard InChI is InChI=1S/C12H20ClN3O3S.ClH/c1-16(2)6-4-5-15-20(17,18)12-7-9(13)10(14)8-11(12)19-3;/h7-8,15H,4-6,14H2,1-3H3;1H. The van der Waals surface area contributed by atoms with Crippen LogP contribution in [0, 0.1) is 0 Å². The first-order valence-corrected chi connectivity index (χ1v) is 7.91. The van der Waals surface area contributed by atoms with Crippen LogP contribution in [0.25, 0.3) is 0 Å². The minimum absolute atomic E-state index is 0. The number of anilines is 1. The summed E-state index contributed by atoms with van der Waals surface area (Å²) < 4.78 is 32.0. The fourth-order valence-corrected chi connectivity index (χ4v) is 3.08. The molecule has 122 valence electrons. The van der Waals surface area contributed by atoms with Gasteiger partial charge in [0.1, 0.15) is 10.6 Å². The molecule has 1 aromatic rings. The van der Waals surface area contributed by atoms with E-state index in [1.54, 1.807) is 0 Å². The second-order valence-corrected chi connectivity index (χ2v) is 6.72. The zero-order chi connectivity index (χ0) is 15.3. The Kier molecular flexibility index (Phi) is 8.35. The van der Waals surface area contributed by atoms with Gasteiger partial charge in [0.05, 0.1) is 17.8 Å². The van der Waals surface area contributed by atoms with E-state index < -0.39 is 10.0 Å². The molecule has 21 heavy (non-hydrogen) atoms. The molecule has 0 saturated heterocycles. The third-order valence-corrected chi connectivity index (χ3v) is 4.46. The zero-order valence-electron chi connectivity index (χ0n) is 12.2. The molecule has 0 heterocycles. The summed E-state index contributed by atoms with van der Waals surface area (Å²) >= 11 is 5.87. The highest BCUT2D eigenvalue weighted by atomic mass is 35.5. The largest absolute Gasteiger partial charge is 0.495 e. The first-order chi connectivity index (χ1) is 9.27. The number of nitrogens with two attached hydrogens (primary N) is 1. The van der Waals surface area contributed by atoms with Crippen molar-refractivity contribution in [2.24, 2.45) is 0 Å². The van der Waals surface area contributed by atoms with Gasteiger partial charge < -0.3 is 15.4 Å². The summed E-state index contributed by atoms with van der Waals surface area (Å²) in [5, 5.41) is 0.180. The highest BCUT2D eigenvalue weighted by Crippen LogP contribution is 2.31. The SMILES string of the molecule is COc1cc(N)c(Cl)cc1S(=O)(=O)NCCCN(C)C.Cl. The number of nitrogen functional groups attached to an aromatic ring is 1. The number of hydrogen-bond donors (Lipinski definition) is 2. The molecule has 9 heteroatoms. The van der Waals surface area contributed by atoms with Crippen molar-refractivity contribution in [3.8, 4) is 5.75 Å². The van der Waals surface area contributed by atoms with Gasteiger partial charge in [-0.1, -0.05) is 11.6 Å². The van der Waals surface area contributed by atoms with E-state index in [2.05, 4.69) is 4.72 Å². The van der Waals surface area contributed by atoms with Gasteiger partial charge in [-0.25, -0.2) is 13.1 Å². The number of hydrogen-bond acceptors (Lipinski definition) is 5. The van der Waals surface area contributed by atoms with Crippen LogP contribution in [0.5, 0.6) is 5.75 Å². The zero-order valence-corrected chi connectivity index (χ0v) is 14.6. The first kappa shape index (κ1) is 20.3. The van der Waals surface area contributed by atoms with Gasteiger partial charge in [-0.05, 0) is 33.1 Å². The lowest BCUT2D eigenvalue weighted by atomic mass is 10.3. The summed E-state index contributed by atoms with van der Waals surface area (Å²) in [6, 6.07) is 2.70. The van der Waals surface area contributed by atoms with Gasteiger partial charge in [0.2, 0.25) is 10.0 Å². The second-order valence-electron chi connectivity index (χ2n) is 4.58. The maximum Gasteiger partial charge on any atom is 0.244 e. The van der Waals surface area contributed by atoms with E-state index in [-0.39, 0.29) is 33.8 Å². The maximum absolute atomic E-state index is 12.2. The van der Waals surface area contributed by atoms with Crippen LogP contribution in [-0.4, -0.2) is 47.6 Å². The molecule has 0 aliphatic heterocycles. The maximum atomic E-state index is 12.2. The van der Waals surface area contributed by atoms with Crippen LogP contribution in [0.15, 0.2) is 17.0 Å². The molecule has 0 saturated carbocycles. The van der Waals surface area contributed by atoms with E-state index in [0.717, 1.165) is 6.54 Å². The highest BCUT2D eigenvalue weighted by Gasteiger charge is 2.20. The van der Waals surface area contributed by atoms with E-state index in [0.29, 0.717) is 13.0 Å². The number of sulfonamides is 1. The van der Waals surface area contributed by atoms with Crippen molar-refractivity contribution in [2.75, 3.05) is 40.0 Å². The van der Waals surface area contributed by atoms with E-state index in [1.807, 2.05) is 19.0 Å². The Morgan fingerprint density at radius 2 is 2.00 bits per heavy atom. The molecule has 0 radical (unpaired) electrons. The average Bonchev–Trinajstić information content (AvgIpc) is 2.37. The number of ether oxygens (including phenoxy) is 1. The molecular formula is C12H21Cl2N3O3S. The number of halogens is 2. The summed E-state index contributed by atoms with van der Waals surface area (Å²) in [4.78, 5) is 1.97. The Hall–Kier alpha value is -0.730. The predicted molar refractivity (Wildman–Crippen MR) is 88.0 cm³/mol. The van der Waals surface area contributed by atoms with E-state index >= 15 is 0 Å². The quantitative estimate of drug-likeness (QED) is 0.571. The molecule has 0 atom stereocenters. The number of nitrogens with zero attached hydrogens (tertiary/aromatic N) is 1. The Morgan fingerprint density at radius 1 is 1.38 bits per heavy atom. The van der Waals surface area contributed by atoms with Crippen molar-refractivity contribution in [1.82, 2.24) is 9.62 Å². The second kappa shape index (κ2) is 8.65. The summed E-state index contributed by atoms with van der Waals surface area (Å²) in [6.45, 7) is 1.13. The average molecular weight is 358 g/mol. The predicted octanol–water partition coefficient (Wildman–Crippen LogP) is 1.58. The molecular weight excluding hydrogens is 337 g/mol. The van der Waals surface area contributed by atoms with E-state index in [4.69, 9.17) is 22.1 Å². The Morgan fingerprint density at radius 3 is 2.52 bits per heavy atom. The van der Waals surface area contributed by atoms with Gasteiger partial charge in [0.15, 0.2) is 0 Å². The van der Waals surface area contributed by atoms with Gasteiger partial charge in [0.25, 0.3) is 0 Å². The molecule has 1 rings (SSSR count). The molecule has 6 nitrogen and oxygen atoms in total. The van der Waals surface area contributed by atoms with Crippen molar-refractivity contribution in [3.63, 3.8) is 0 Å². The monoisotopic (exact) mass is 357 g/mol. The van der Waals surface area contributed by atoms with Gasteiger partial charge in [-0.2, -0.15) is 0 Å². The Labute approximate surface area is 137 Å². The smallest absolute Gasteiger partial charge is 0.244 e. The van der Waals surface area contributed by atoms with Gasteiger partial charge in [-0.3, -0.25) is 0 Å². The van der Waals surface area contributed by atoms with Crippen molar-refractivity contribution in [2.45, 2.75) is 11.3 Å². The van der Waals surface area contributed by atoms with Gasteiger partial charge in [-0.15, -0.1) is 12.4 Å². The fraction of sp³-hybridized carbons (Fsp3) is 0.500. The molecule has 0 aromatic heterocycles. The van der Waals surface area contributed by atoms with Crippen molar-refractivity contribution in [1.29, 1.82) is 0 Å². The van der Waals surface area contributed by atoms with Crippen LogP contribution in [0.4, 0.5) is 5.69 Å². The molecule has 3 N–H and O–H groups in total. The van der Waals surface area contributed by atoms with Crippen molar-refractivity contribution < 1.29 is 13.2 Å². The molecule has 0 unspecified atom stereocenters. The van der Waals surface area contributed by atoms with E-state index in [9.17, 15) is 8.42 Å². The molecule has 0 aliphatic rings. The third kappa shape index (κ3) is 5.88. The van der Waals surface area contributed by atoms with Crippen LogP contribution in [0.2, 0.25) is 5.02 Å². The van der Waals surface area contributed by atoms with Crippen LogP contribution in [-0.2, 0) is 10.0 Å². The van der Waals surface area contributed by atoms with Crippen LogP contribution < -0.4 is 15.2 Å². The molecule has 0 aliphatic carbocycles. The number of nitrogens with one attached hydrogen (secondary N) is 1. The summed E-state index contributed by atoms with van der Waals surface area (Å²) in [5.41, 5.74) is 5.90. The topological polar surface area (TPSA) is 84.7 Å². The van der Waals surface area contributed by atoms with Gasteiger partial charge >= 0.3 is 0 Å². The lowest BCUT2D eigenvalue weighted by Crippen LogP contribution is -2.27. The fourth-order valence-electron chi connectivity index (χ4n) is 1.60. The molecule has 0 fully saturated rings. The van der Waals surface area contributed by atoms with Crippen LogP contribution in [0.3, 0.4) is 0 Å². The minimum atomic E-state index is -3.67. The molecule has 0 spiro atoms. The van der Waals surface area contributed by atoms with Crippen molar-refractivity contribution in [3.05, 3.63) is 17.2 Å². The summed E-state index contributed by atoms with van der Waals surface area (Å²) in [6.07, 6.45) is 0.706. The normalized spacial score (nSPS) is 11.3. The Bertz CT molecular complexity index is 565. The minimum Gasteiger partial charge on any atom is -0.495 e. The number of rotatable bonds is 7. The van der Waals surface area contributed by atoms with Crippen LogP contribution in [0.1, 0.15) is 6.42 Å². The lowest BCUT2D eigenvalue weighted by Gasteiger charge is -2.13. The number of methoxy groups -OCH3 is 1. The summed E-state index contributed by atoms with van der Waals surface area (Å²) in [5.74, 6) is 0.173.